The molecule has 7 heteroatoms. The van der Waals surface area contributed by atoms with Gasteiger partial charge in [-0.05, 0) is 56.7 Å². The van der Waals surface area contributed by atoms with Crippen molar-refractivity contribution in [2.45, 2.75) is 64.3 Å². The van der Waals surface area contributed by atoms with Crippen molar-refractivity contribution in [2.75, 3.05) is 41.3 Å². The third-order valence-electron chi connectivity index (χ3n) is 6.03. The van der Waals surface area contributed by atoms with Crippen LogP contribution in [0.15, 0.2) is 6.07 Å². The van der Waals surface area contributed by atoms with E-state index in [1.54, 1.807) is 0 Å². The first kappa shape index (κ1) is 18.7. The second-order valence-corrected chi connectivity index (χ2v) is 8.78. The number of anilines is 3. The zero-order chi connectivity index (χ0) is 18.6. The van der Waals surface area contributed by atoms with Crippen LogP contribution in [0.5, 0.6) is 0 Å². The molecule has 0 aromatic carbocycles. The molecule has 1 aliphatic carbocycles. The van der Waals surface area contributed by atoms with E-state index in [0.29, 0.717) is 23.0 Å². The van der Waals surface area contributed by atoms with E-state index in [1.807, 2.05) is 0 Å². The summed E-state index contributed by atoms with van der Waals surface area (Å²) in [6.45, 7) is 6.63. The summed E-state index contributed by atoms with van der Waals surface area (Å²) >= 11 is 5.54. The van der Waals surface area contributed by atoms with Crippen LogP contribution in [0.25, 0.3) is 0 Å². The van der Waals surface area contributed by atoms with E-state index in [0.717, 1.165) is 37.8 Å². The fourth-order valence-corrected chi connectivity index (χ4v) is 4.80. The third-order valence-corrected chi connectivity index (χ3v) is 6.25. The summed E-state index contributed by atoms with van der Waals surface area (Å²) in [6.07, 6.45) is 10.0. The van der Waals surface area contributed by atoms with Gasteiger partial charge in [-0.25, -0.2) is 0 Å². The average molecular weight is 389 g/mol. The average Bonchev–Trinajstić information content (AvgIpc) is 3.35. The van der Waals surface area contributed by atoms with Crippen molar-refractivity contribution in [1.82, 2.24) is 15.3 Å². The highest BCUT2D eigenvalue weighted by Crippen LogP contribution is 2.27. The maximum atomic E-state index is 5.54. The maximum Gasteiger partial charge on any atom is 0.232 e. The first-order valence-corrected chi connectivity index (χ1v) is 11.0. The summed E-state index contributed by atoms with van der Waals surface area (Å²) in [7, 11) is 0. The van der Waals surface area contributed by atoms with Crippen molar-refractivity contribution in [2.24, 2.45) is 5.92 Å². The van der Waals surface area contributed by atoms with Crippen LogP contribution in [0, 0.1) is 5.92 Å². The van der Waals surface area contributed by atoms with Gasteiger partial charge >= 0.3 is 0 Å². The zero-order valence-corrected chi connectivity index (χ0v) is 17.2. The first-order valence-electron chi connectivity index (χ1n) is 10.6. The van der Waals surface area contributed by atoms with Crippen LogP contribution in [0.1, 0.15) is 58.3 Å². The number of nitrogens with one attached hydrogen (secondary N) is 2. The Bertz CT molecular complexity index is 654. The molecule has 6 nitrogen and oxygen atoms in total. The maximum absolute atomic E-state index is 5.54. The Morgan fingerprint density at radius 3 is 2.33 bits per heavy atom. The molecule has 1 atom stereocenters. The lowest BCUT2D eigenvalue weighted by molar-refractivity contribution is 0.444. The standard InChI is InChI=1S/C20H32N6S/c1-15-7-6-12-26(14-15)18-13-17(25-10-4-5-11-25)22-19(23-18)24-20(27)21-16-8-2-3-9-16/h13,15-16H,2-12,14H2,1H3,(H2,21,22,23,24,27)/t15-/m1/s1. The SMILES string of the molecule is C[C@@H]1CCCN(c2cc(N3CCCC3)nc(NC(=S)NC3CCCC3)n2)C1. The van der Waals surface area contributed by atoms with Gasteiger partial charge < -0.3 is 20.4 Å². The van der Waals surface area contributed by atoms with Crippen LogP contribution < -0.4 is 20.4 Å². The van der Waals surface area contributed by atoms with Crippen molar-refractivity contribution >= 4 is 34.9 Å². The van der Waals surface area contributed by atoms with Gasteiger partial charge in [0.2, 0.25) is 5.95 Å². The quantitative estimate of drug-likeness (QED) is 0.765. The van der Waals surface area contributed by atoms with E-state index >= 15 is 0 Å². The molecule has 0 spiro atoms. The predicted molar refractivity (Wildman–Crippen MR) is 116 cm³/mol. The molecular formula is C20H32N6S. The molecule has 3 aliphatic rings. The number of hydrogen-bond donors (Lipinski definition) is 2. The van der Waals surface area contributed by atoms with E-state index in [9.17, 15) is 0 Å². The van der Waals surface area contributed by atoms with Gasteiger partial charge in [-0.1, -0.05) is 19.8 Å². The summed E-state index contributed by atoms with van der Waals surface area (Å²) in [6, 6.07) is 2.66. The van der Waals surface area contributed by atoms with E-state index in [2.05, 4.69) is 33.4 Å². The molecular weight excluding hydrogens is 356 g/mol. The minimum absolute atomic E-state index is 0.495. The molecule has 1 aromatic rings. The molecule has 3 fully saturated rings. The van der Waals surface area contributed by atoms with E-state index in [1.165, 1.54) is 51.4 Å². The minimum Gasteiger partial charge on any atom is -0.360 e. The summed E-state index contributed by atoms with van der Waals surface area (Å²) in [5.74, 6) is 3.40. The van der Waals surface area contributed by atoms with Crippen molar-refractivity contribution in [3.8, 4) is 0 Å². The lowest BCUT2D eigenvalue weighted by atomic mass is 10.0. The number of thiocarbonyl (C=S) groups is 1. The van der Waals surface area contributed by atoms with E-state index < -0.39 is 0 Å². The third kappa shape index (κ3) is 4.81. The van der Waals surface area contributed by atoms with Crippen LogP contribution in [-0.4, -0.2) is 47.3 Å². The van der Waals surface area contributed by atoms with Gasteiger partial charge in [-0.15, -0.1) is 0 Å². The Kier molecular flexibility index (Phi) is 5.95. The molecule has 0 bridgehead atoms. The molecule has 2 N–H and O–H groups in total. The van der Waals surface area contributed by atoms with Gasteiger partial charge in [0, 0.05) is 38.3 Å². The normalized spacial score (nSPS) is 23.7. The molecule has 0 radical (unpaired) electrons. The monoisotopic (exact) mass is 388 g/mol. The Morgan fingerprint density at radius 2 is 1.63 bits per heavy atom. The molecule has 27 heavy (non-hydrogen) atoms. The van der Waals surface area contributed by atoms with Crippen molar-refractivity contribution in [1.29, 1.82) is 0 Å². The smallest absolute Gasteiger partial charge is 0.232 e. The van der Waals surface area contributed by atoms with Crippen LogP contribution in [0.4, 0.5) is 17.6 Å². The van der Waals surface area contributed by atoms with Gasteiger partial charge in [-0.3, -0.25) is 0 Å². The second kappa shape index (κ2) is 8.59. The fraction of sp³-hybridized carbons (Fsp3) is 0.750. The van der Waals surface area contributed by atoms with Crippen molar-refractivity contribution < 1.29 is 0 Å². The Hall–Kier alpha value is -1.63. The largest absolute Gasteiger partial charge is 0.360 e. The lowest BCUT2D eigenvalue weighted by Crippen LogP contribution is -2.37. The Balaban J connectivity index is 1.52. The summed E-state index contributed by atoms with van der Waals surface area (Å²) in [5.41, 5.74) is 0. The molecule has 148 valence electrons. The van der Waals surface area contributed by atoms with Crippen molar-refractivity contribution in [3.63, 3.8) is 0 Å². The van der Waals surface area contributed by atoms with Gasteiger partial charge in [0.15, 0.2) is 5.11 Å². The fourth-order valence-electron chi connectivity index (χ4n) is 4.54. The Morgan fingerprint density at radius 1 is 0.963 bits per heavy atom. The number of aromatic nitrogens is 2. The highest BCUT2D eigenvalue weighted by Gasteiger charge is 2.22. The molecule has 2 aliphatic heterocycles. The number of nitrogens with zero attached hydrogens (tertiary/aromatic N) is 4. The molecule has 1 aromatic heterocycles. The number of rotatable bonds is 4. The van der Waals surface area contributed by atoms with Gasteiger partial charge in [0.25, 0.3) is 0 Å². The highest BCUT2D eigenvalue weighted by atomic mass is 32.1. The summed E-state index contributed by atoms with van der Waals surface area (Å²) in [5, 5.41) is 7.36. The topological polar surface area (TPSA) is 56.3 Å². The molecule has 0 unspecified atom stereocenters. The summed E-state index contributed by atoms with van der Waals surface area (Å²) < 4.78 is 0. The number of hydrogen-bond acceptors (Lipinski definition) is 5. The predicted octanol–water partition coefficient (Wildman–Crippen LogP) is 3.54. The molecule has 4 rings (SSSR count). The van der Waals surface area contributed by atoms with Crippen LogP contribution in [-0.2, 0) is 0 Å². The van der Waals surface area contributed by atoms with Gasteiger partial charge in [0.1, 0.15) is 11.6 Å². The highest BCUT2D eigenvalue weighted by molar-refractivity contribution is 7.80. The van der Waals surface area contributed by atoms with Crippen LogP contribution >= 0.6 is 12.2 Å². The van der Waals surface area contributed by atoms with E-state index in [4.69, 9.17) is 22.2 Å². The molecule has 2 saturated heterocycles. The first-order chi connectivity index (χ1) is 13.2. The zero-order valence-electron chi connectivity index (χ0n) is 16.4. The van der Waals surface area contributed by atoms with Crippen LogP contribution in [0.2, 0.25) is 0 Å². The Labute approximate surface area is 168 Å². The van der Waals surface area contributed by atoms with Gasteiger partial charge in [0.05, 0.1) is 0 Å². The summed E-state index contributed by atoms with van der Waals surface area (Å²) in [4.78, 5) is 14.4. The van der Waals surface area contributed by atoms with Crippen molar-refractivity contribution in [3.05, 3.63) is 6.07 Å². The lowest BCUT2D eigenvalue weighted by Gasteiger charge is -2.32. The second-order valence-electron chi connectivity index (χ2n) is 8.38. The number of piperidine rings is 1. The van der Waals surface area contributed by atoms with Crippen LogP contribution in [0.3, 0.4) is 0 Å². The molecule has 1 saturated carbocycles. The van der Waals surface area contributed by atoms with Gasteiger partial charge in [-0.2, -0.15) is 9.97 Å². The van der Waals surface area contributed by atoms with E-state index in [-0.39, 0.29) is 0 Å². The molecule has 0 amide bonds. The minimum atomic E-state index is 0.495. The molecule has 3 heterocycles.